The van der Waals surface area contributed by atoms with Crippen molar-refractivity contribution in [3.8, 4) is 0 Å². The first-order valence-corrected chi connectivity index (χ1v) is 7.49. The van der Waals surface area contributed by atoms with Crippen molar-refractivity contribution in [1.29, 1.82) is 0 Å². The molecule has 1 unspecified atom stereocenters. The number of anilines is 1. The molecule has 1 aromatic heterocycles. The first-order chi connectivity index (χ1) is 9.78. The van der Waals surface area contributed by atoms with Crippen LogP contribution in [0.5, 0.6) is 0 Å². The molecule has 1 atom stereocenters. The van der Waals surface area contributed by atoms with Crippen molar-refractivity contribution in [2.45, 2.75) is 44.9 Å². The Hall–Kier alpha value is -1.90. The minimum absolute atomic E-state index is 0.305. The summed E-state index contributed by atoms with van der Waals surface area (Å²) in [5.74, 6) is 1.81. The number of nitrogen functional groups attached to an aromatic ring is 1. The molecule has 0 saturated heterocycles. The van der Waals surface area contributed by atoms with Gasteiger partial charge >= 0.3 is 0 Å². The molecule has 2 aromatic rings. The molecule has 1 aliphatic rings. The Kier molecular flexibility index (Phi) is 3.68. The Balaban J connectivity index is 2.01. The zero-order valence-corrected chi connectivity index (χ0v) is 12.0. The molecule has 0 aliphatic heterocycles. The summed E-state index contributed by atoms with van der Waals surface area (Å²) in [5.41, 5.74) is 9.85. The number of hydrogen-bond donors (Lipinski definition) is 1. The average Bonchev–Trinajstić information content (AvgIpc) is 2.46. The van der Waals surface area contributed by atoms with Crippen LogP contribution >= 0.6 is 0 Å². The summed E-state index contributed by atoms with van der Waals surface area (Å²) < 4.78 is 0. The van der Waals surface area contributed by atoms with Gasteiger partial charge < -0.3 is 5.73 Å². The molecule has 0 spiro atoms. The zero-order valence-electron chi connectivity index (χ0n) is 12.0. The van der Waals surface area contributed by atoms with Gasteiger partial charge in [0, 0.05) is 17.7 Å². The van der Waals surface area contributed by atoms with Crippen molar-refractivity contribution >= 4 is 5.82 Å². The number of nitrogens with two attached hydrogens (primary N) is 1. The number of nitrogens with zero attached hydrogens (tertiary/aromatic N) is 2. The summed E-state index contributed by atoms with van der Waals surface area (Å²) >= 11 is 0. The fourth-order valence-corrected chi connectivity index (χ4v) is 3.10. The molecule has 0 saturated carbocycles. The second kappa shape index (κ2) is 5.61. The summed E-state index contributed by atoms with van der Waals surface area (Å²) in [6.07, 6.45) is 5.52. The topological polar surface area (TPSA) is 51.8 Å². The molecule has 1 heterocycles. The van der Waals surface area contributed by atoms with Crippen LogP contribution in [0, 0.1) is 0 Å². The Morgan fingerprint density at radius 3 is 2.95 bits per heavy atom. The van der Waals surface area contributed by atoms with E-state index in [2.05, 4.69) is 36.2 Å². The molecule has 3 heteroatoms. The molecule has 3 rings (SSSR count). The van der Waals surface area contributed by atoms with Gasteiger partial charge in [0.15, 0.2) is 0 Å². The van der Waals surface area contributed by atoms with Crippen molar-refractivity contribution in [3.63, 3.8) is 0 Å². The minimum atomic E-state index is 0.305. The van der Waals surface area contributed by atoms with Gasteiger partial charge in [-0.1, -0.05) is 37.6 Å². The summed E-state index contributed by atoms with van der Waals surface area (Å²) in [5, 5.41) is 0. The lowest BCUT2D eigenvalue weighted by molar-refractivity contribution is 0.587. The lowest BCUT2D eigenvalue weighted by Crippen LogP contribution is -2.15. The number of fused-ring (bicyclic) bond motifs is 1. The van der Waals surface area contributed by atoms with Crippen LogP contribution in [0.15, 0.2) is 30.3 Å². The molecule has 20 heavy (non-hydrogen) atoms. The summed E-state index contributed by atoms with van der Waals surface area (Å²) in [4.78, 5) is 9.26. The van der Waals surface area contributed by atoms with Crippen LogP contribution in [0.25, 0.3) is 0 Å². The molecule has 104 valence electrons. The largest absolute Gasteiger partial charge is 0.384 e. The lowest BCUT2D eigenvalue weighted by Gasteiger charge is -2.24. The van der Waals surface area contributed by atoms with E-state index in [1.165, 1.54) is 17.5 Å². The Morgan fingerprint density at radius 1 is 1.25 bits per heavy atom. The maximum absolute atomic E-state index is 5.97. The number of aryl methyl sites for hydroxylation is 2. The van der Waals surface area contributed by atoms with E-state index in [9.17, 15) is 0 Å². The quantitative estimate of drug-likeness (QED) is 0.926. The number of benzene rings is 1. The van der Waals surface area contributed by atoms with Crippen LogP contribution in [0.3, 0.4) is 0 Å². The van der Waals surface area contributed by atoms with Gasteiger partial charge in [-0.05, 0) is 36.8 Å². The van der Waals surface area contributed by atoms with Crippen molar-refractivity contribution in [3.05, 3.63) is 53.0 Å². The molecular weight excluding hydrogens is 246 g/mol. The van der Waals surface area contributed by atoms with Crippen LogP contribution in [0.4, 0.5) is 5.82 Å². The van der Waals surface area contributed by atoms with Crippen LogP contribution in [-0.2, 0) is 12.8 Å². The molecule has 0 amide bonds. The normalized spacial score (nSPS) is 17.8. The smallest absolute Gasteiger partial charge is 0.138 e. The first-order valence-electron chi connectivity index (χ1n) is 7.49. The van der Waals surface area contributed by atoms with Crippen LogP contribution in [0.2, 0.25) is 0 Å². The van der Waals surface area contributed by atoms with Gasteiger partial charge in [0.25, 0.3) is 0 Å². The van der Waals surface area contributed by atoms with Crippen LogP contribution in [0.1, 0.15) is 54.7 Å². The maximum atomic E-state index is 5.97. The molecule has 3 nitrogen and oxygen atoms in total. The molecular formula is C17H21N3. The third-order valence-corrected chi connectivity index (χ3v) is 4.00. The minimum Gasteiger partial charge on any atom is -0.384 e. The fraction of sp³-hybridized carbons (Fsp3) is 0.412. The van der Waals surface area contributed by atoms with Crippen LogP contribution in [-0.4, -0.2) is 9.97 Å². The van der Waals surface area contributed by atoms with E-state index in [4.69, 9.17) is 10.7 Å². The van der Waals surface area contributed by atoms with Crippen molar-refractivity contribution in [2.24, 2.45) is 0 Å². The summed E-state index contributed by atoms with van der Waals surface area (Å²) in [6, 6.07) is 10.6. The molecule has 1 aromatic carbocycles. The highest BCUT2D eigenvalue weighted by Gasteiger charge is 2.24. The van der Waals surface area contributed by atoms with Gasteiger partial charge in [-0.3, -0.25) is 0 Å². The monoisotopic (exact) mass is 267 g/mol. The van der Waals surface area contributed by atoms with Gasteiger partial charge in [0.1, 0.15) is 11.6 Å². The molecule has 0 bridgehead atoms. The second-order valence-electron chi connectivity index (χ2n) is 5.54. The predicted octanol–water partition coefficient (Wildman–Crippen LogP) is 3.48. The third-order valence-electron chi connectivity index (χ3n) is 4.00. The van der Waals surface area contributed by atoms with Gasteiger partial charge in [-0.2, -0.15) is 0 Å². The second-order valence-corrected chi connectivity index (χ2v) is 5.54. The standard InChI is InChI=1S/C17H21N3/c1-2-6-13-11-16(18)20-17(19-13)15-10-5-8-12-7-3-4-9-14(12)15/h3-4,7,9,11,15H,2,5-6,8,10H2,1H3,(H2,18,19,20). The van der Waals surface area contributed by atoms with Gasteiger partial charge in [-0.25, -0.2) is 9.97 Å². The van der Waals surface area contributed by atoms with Gasteiger partial charge in [0.05, 0.1) is 0 Å². The van der Waals surface area contributed by atoms with Crippen molar-refractivity contribution < 1.29 is 0 Å². The van der Waals surface area contributed by atoms with E-state index in [0.29, 0.717) is 11.7 Å². The van der Waals surface area contributed by atoms with E-state index in [-0.39, 0.29) is 0 Å². The van der Waals surface area contributed by atoms with E-state index in [1.54, 1.807) is 0 Å². The van der Waals surface area contributed by atoms with Crippen molar-refractivity contribution in [2.75, 3.05) is 5.73 Å². The van der Waals surface area contributed by atoms with E-state index < -0.39 is 0 Å². The molecule has 1 aliphatic carbocycles. The lowest BCUT2D eigenvalue weighted by atomic mass is 9.82. The Morgan fingerprint density at radius 2 is 2.10 bits per heavy atom. The zero-order chi connectivity index (χ0) is 13.9. The van der Waals surface area contributed by atoms with Gasteiger partial charge in [0.2, 0.25) is 0 Å². The number of rotatable bonds is 3. The SMILES string of the molecule is CCCc1cc(N)nc(C2CCCc3ccccc32)n1. The Labute approximate surface area is 120 Å². The molecule has 0 fully saturated rings. The van der Waals surface area contributed by atoms with Crippen LogP contribution < -0.4 is 5.73 Å². The van der Waals surface area contributed by atoms with E-state index in [0.717, 1.165) is 37.2 Å². The highest BCUT2D eigenvalue weighted by Crippen LogP contribution is 2.35. The fourth-order valence-electron chi connectivity index (χ4n) is 3.10. The highest BCUT2D eigenvalue weighted by atomic mass is 15.0. The van der Waals surface area contributed by atoms with E-state index >= 15 is 0 Å². The summed E-state index contributed by atoms with van der Waals surface area (Å²) in [7, 11) is 0. The maximum Gasteiger partial charge on any atom is 0.138 e. The average molecular weight is 267 g/mol. The van der Waals surface area contributed by atoms with Gasteiger partial charge in [-0.15, -0.1) is 0 Å². The number of aromatic nitrogens is 2. The first kappa shape index (κ1) is 13.1. The Bertz CT molecular complexity index is 607. The predicted molar refractivity (Wildman–Crippen MR) is 81.7 cm³/mol. The van der Waals surface area contributed by atoms with Crippen molar-refractivity contribution in [1.82, 2.24) is 9.97 Å². The summed E-state index contributed by atoms with van der Waals surface area (Å²) in [6.45, 7) is 2.16. The van der Waals surface area contributed by atoms with E-state index in [1.807, 2.05) is 6.07 Å². The third kappa shape index (κ3) is 2.53. The highest BCUT2D eigenvalue weighted by molar-refractivity contribution is 5.38. The molecule has 2 N–H and O–H groups in total. The number of hydrogen-bond acceptors (Lipinski definition) is 3. The molecule has 0 radical (unpaired) electrons.